The fraction of sp³-hybridized carbons (Fsp3) is 0.300. The molecule has 104 valence electrons. The molecule has 0 saturated carbocycles. The van der Waals surface area contributed by atoms with Gasteiger partial charge in [-0.1, -0.05) is 67.6 Å². The summed E-state index contributed by atoms with van der Waals surface area (Å²) in [5, 5.41) is 0. The third-order valence-corrected chi connectivity index (χ3v) is 3.91. The molecule has 2 rings (SSSR count). The third-order valence-electron chi connectivity index (χ3n) is 3.91. The molecule has 0 nitrogen and oxygen atoms in total. The highest BCUT2D eigenvalue weighted by molar-refractivity contribution is 5.38. The van der Waals surface area contributed by atoms with Gasteiger partial charge in [-0.2, -0.15) is 0 Å². The second-order valence-electron chi connectivity index (χ2n) is 5.24. The van der Waals surface area contributed by atoms with Crippen LogP contribution in [0.3, 0.4) is 0 Å². The van der Waals surface area contributed by atoms with E-state index in [1.165, 1.54) is 29.5 Å². The van der Waals surface area contributed by atoms with Crippen molar-refractivity contribution in [3.05, 3.63) is 83.9 Å². The van der Waals surface area contributed by atoms with Crippen molar-refractivity contribution in [1.82, 2.24) is 0 Å². The number of allylic oxidation sites excluding steroid dienone is 1. The average molecular weight is 264 g/mol. The molecule has 0 aromatic heterocycles. The van der Waals surface area contributed by atoms with Gasteiger partial charge in [-0.3, -0.25) is 0 Å². The molecule has 2 aromatic carbocycles. The van der Waals surface area contributed by atoms with Crippen LogP contribution >= 0.6 is 0 Å². The van der Waals surface area contributed by atoms with E-state index in [0.29, 0.717) is 5.92 Å². The van der Waals surface area contributed by atoms with E-state index in [9.17, 15) is 0 Å². The van der Waals surface area contributed by atoms with Gasteiger partial charge >= 0.3 is 0 Å². The van der Waals surface area contributed by atoms with Crippen LogP contribution in [-0.2, 0) is 6.42 Å². The largest absolute Gasteiger partial charge is 0.103 e. The Morgan fingerprint density at radius 1 is 1.00 bits per heavy atom. The molecule has 0 fully saturated rings. The number of unbranched alkanes of at least 4 members (excludes halogenated alkanes) is 1. The Kier molecular flexibility index (Phi) is 5.61. The maximum Gasteiger partial charge on any atom is 0.00921 e. The van der Waals surface area contributed by atoms with Crippen LogP contribution in [0.2, 0.25) is 0 Å². The minimum absolute atomic E-state index is 0.507. The van der Waals surface area contributed by atoms with Gasteiger partial charge < -0.3 is 0 Å². The van der Waals surface area contributed by atoms with Crippen LogP contribution in [0, 0.1) is 0 Å². The number of aryl methyl sites for hydroxylation is 1. The van der Waals surface area contributed by atoms with Gasteiger partial charge in [0.15, 0.2) is 0 Å². The molecule has 0 unspecified atom stereocenters. The van der Waals surface area contributed by atoms with Crippen LogP contribution in [0.1, 0.15) is 48.8 Å². The van der Waals surface area contributed by atoms with Crippen LogP contribution in [0.5, 0.6) is 0 Å². The van der Waals surface area contributed by atoms with Crippen molar-refractivity contribution in [3.63, 3.8) is 0 Å². The Morgan fingerprint density at radius 2 is 1.70 bits per heavy atom. The number of hydrogen-bond donors (Lipinski definition) is 0. The van der Waals surface area contributed by atoms with Gasteiger partial charge in [0.25, 0.3) is 0 Å². The molecule has 20 heavy (non-hydrogen) atoms. The molecular formula is C20H24. The Labute approximate surface area is 123 Å². The first kappa shape index (κ1) is 14.6. The monoisotopic (exact) mass is 264 g/mol. The molecule has 1 atom stereocenters. The topological polar surface area (TPSA) is 0 Å². The van der Waals surface area contributed by atoms with Gasteiger partial charge in [-0.05, 0) is 42.4 Å². The van der Waals surface area contributed by atoms with Gasteiger partial charge in [-0.15, -0.1) is 6.58 Å². The summed E-state index contributed by atoms with van der Waals surface area (Å²) in [6, 6.07) is 19.8. The summed E-state index contributed by atoms with van der Waals surface area (Å²) in [6.45, 7) is 6.08. The Hall–Kier alpha value is -1.82. The predicted octanol–water partition coefficient (Wildman–Crippen LogP) is 5.74. The van der Waals surface area contributed by atoms with Crippen molar-refractivity contribution in [1.29, 1.82) is 0 Å². The quantitative estimate of drug-likeness (QED) is 0.442. The predicted molar refractivity (Wildman–Crippen MR) is 88.2 cm³/mol. The first-order valence-corrected chi connectivity index (χ1v) is 7.60. The summed E-state index contributed by atoms with van der Waals surface area (Å²) < 4.78 is 0. The number of hydrogen-bond acceptors (Lipinski definition) is 0. The molecule has 0 heterocycles. The van der Waals surface area contributed by atoms with Crippen molar-refractivity contribution < 1.29 is 0 Å². The van der Waals surface area contributed by atoms with Crippen molar-refractivity contribution in [2.45, 2.75) is 38.5 Å². The van der Waals surface area contributed by atoms with Crippen molar-refractivity contribution in [3.8, 4) is 0 Å². The second kappa shape index (κ2) is 7.69. The van der Waals surface area contributed by atoms with Crippen LogP contribution in [-0.4, -0.2) is 0 Å². The van der Waals surface area contributed by atoms with E-state index >= 15 is 0 Å². The zero-order chi connectivity index (χ0) is 14.2. The molecule has 0 bridgehead atoms. The van der Waals surface area contributed by atoms with Gasteiger partial charge in [-0.25, -0.2) is 0 Å². The lowest BCUT2D eigenvalue weighted by Crippen LogP contribution is -2.04. The number of rotatable bonds is 7. The summed E-state index contributed by atoms with van der Waals surface area (Å²) in [4.78, 5) is 0. The molecule has 0 saturated heterocycles. The van der Waals surface area contributed by atoms with Crippen LogP contribution < -0.4 is 0 Å². The molecule has 0 spiro atoms. The van der Waals surface area contributed by atoms with Gasteiger partial charge in [0.1, 0.15) is 0 Å². The van der Waals surface area contributed by atoms with Crippen molar-refractivity contribution in [2.24, 2.45) is 0 Å². The lowest BCUT2D eigenvalue weighted by atomic mass is 9.84. The van der Waals surface area contributed by atoms with E-state index in [-0.39, 0.29) is 0 Å². The van der Waals surface area contributed by atoms with Crippen molar-refractivity contribution >= 4 is 0 Å². The normalized spacial score (nSPS) is 12.1. The standard InChI is InChI=1S/C20H24/c1-3-5-7-15-20(18-13-8-6-9-14-18)19-16-11-10-12-17(19)4-2/h3,6,8-14,16,20H,1,4-5,7,15H2,2H3/t20-/m0/s1. The maximum atomic E-state index is 3.84. The Balaban J connectivity index is 2.32. The molecule has 0 aliphatic heterocycles. The van der Waals surface area contributed by atoms with E-state index in [1.807, 2.05) is 6.08 Å². The summed E-state index contributed by atoms with van der Waals surface area (Å²) >= 11 is 0. The smallest absolute Gasteiger partial charge is 0.00921 e. The molecular weight excluding hydrogens is 240 g/mol. The zero-order valence-corrected chi connectivity index (χ0v) is 12.4. The molecule has 0 heteroatoms. The molecule has 0 radical (unpaired) electrons. The van der Waals surface area contributed by atoms with E-state index in [2.05, 4.69) is 68.1 Å². The lowest BCUT2D eigenvalue weighted by Gasteiger charge is -2.20. The highest BCUT2D eigenvalue weighted by Gasteiger charge is 2.15. The third kappa shape index (κ3) is 3.60. The summed E-state index contributed by atoms with van der Waals surface area (Å²) in [5.41, 5.74) is 4.39. The SMILES string of the molecule is C=CCCC[C@@H](c1ccccc1)c1ccccc1CC. The fourth-order valence-electron chi connectivity index (χ4n) is 2.85. The summed E-state index contributed by atoms with van der Waals surface area (Å²) in [6.07, 6.45) is 6.60. The highest BCUT2D eigenvalue weighted by atomic mass is 14.2. The maximum absolute atomic E-state index is 3.84. The van der Waals surface area contributed by atoms with Gasteiger partial charge in [0.2, 0.25) is 0 Å². The lowest BCUT2D eigenvalue weighted by molar-refractivity contribution is 0.664. The first-order chi connectivity index (χ1) is 9.86. The minimum atomic E-state index is 0.507. The minimum Gasteiger partial charge on any atom is -0.103 e. The number of benzene rings is 2. The van der Waals surface area contributed by atoms with Crippen LogP contribution in [0.4, 0.5) is 0 Å². The average Bonchev–Trinajstić information content (AvgIpc) is 2.52. The Bertz CT molecular complexity index is 525. The highest BCUT2D eigenvalue weighted by Crippen LogP contribution is 2.32. The summed E-state index contributed by atoms with van der Waals surface area (Å²) in [5.74, 6) is 0.507. The van der Waals surface area contributed by atoms with E-state index in [4.69, 9.17) is 0 Å². The van der Waals surface area contributed by atoms with Crippen LogP contribution in [0.15, 0.2) is 67.3 Å². The van der Waals surface area contributed by atoms with Gasteiger partial charge in [0.05, 0.1) is 0 Å². The van der Waals surface area contributed by atoms with E-state index in [1.54, 1.807) is 0 Å². The molecule has 0 aliphatic carbocycles. The molecule has 0 N–H and O–H groups in total. The van der Waals surface area contributed by atoms with Crippen LogP contribution in [0.25, 0.3) is 0 Å². The molecule has 0 amide bonds. The second-order valence-corrected chi connectivity index (χ2v) is 5.24. The van der Waals surface area contributed by atoms with E-state index < -0.39 is 0 Å². The zero-order valence-electron chi connectivity index (χ0n) is 12.4. The first-order valence-electron chi connectivity index (χ1n) is 7.60. The fourth-order valence-corrected chi connectivity index (χ4v) is 2.85. The molecule has 0 aliphatic rings. The van der Waals surface area contributed by atoms with Crippen molar-refractivity contribution in [2.75, 3.05) is 0 Å². The summed E-state index contributed by atoms with van der Waals surface area (Å²) in [7, 11) is 0. The Morgan fingerprint density at radius 3 is 2.40 bits per heavy atom. The molecule has 2 aromatic rings. The van der Waals surface area contributed by atoms with Gasteiger partial charge in [0, 0.05) is 5.92 Å². The van der Waals surface area contributed by atoms with E-state index in [0.717, 1.165) is 12.8 Å².